The van der Waals surface area contributed by atoms with Crippen LogP contribution < -0.4 is 5.73 Å². The maximum absolute atomic E-state index is 6.12. The molecular formula is C16H14ClN3O. The SMILES string of the molecule is Nc1cccc(CCc2nc(-c3ccccc3Cl)no2)c1. The number of hydrogen-bond acceptors (Lipinski definition) is 4. The van der Waals surface area contributed by atoms with Crippen molar-refractivity contribution in [2.24, 2.45) is 0 Å². The number of aryl methyl sites for hydroxylation is 2. The fourth-order valence-corrected chi connectivity index (χ4v) is 2.33. The smallest absolute Gasteiger partial charge is 0.227 e. The van der Waals surface area contributed by atoms with Crippen molar-refractivity contribution in [2.75, 3.05) is 5.73 Å². The van der Waals surface area contributed by atoms with Crippen molar-refractivity contribution in [3.05, 3.63) is 65.0 Å². The molecule has 3 aromatic rings. The third kappa shape index (κ3) is 3.23. The summed E-state index contributed by atoms with van der Waals surface area (Å²) in [4.78, 5) is 4.39. The second-order valence-electron chi connectivity index (χ2n) is 4.74. The van der Waals surface area contributed by atoms with E-state index in [0.717, 1.165) is 23.2 Å². The predicted octanol–water partition coefficient (Wildman–Crippen LogP) is 3.76. The van der Waals surface area contributed by atoms with E-state index >= 15 is 0 Å². The highest BCUT2D eigenvalue weighted by Crippen LogP contribution is 2.25. The molecule has 106 valence electrons. The van der Waals surface area contributed by atoms with Gasteiger partial charge in [0.15, 0.2) is 0 Å². The maximum atomic E-state index is 6.12. The Bertz CT molecular complexity index is 755. The van der Waals surface area contributed by atoms with Crippen LogP contribution in [0.2, 0.25) is 5.02 Å². The summed E-state index contributed by atoms with van der Waals surface area (Å²) in [5, 5.41) is 4.59. The van der Waals surface area contributed by atoms with Gasteiger partial charge < -0.3 is 10.3 Å². The highest BCUT2D eigenvalue weighted by atomic mass is 35.5. The molecule has 4 nitrogen and oxygen atoms in total. The molecule has 5 heteroatoms. The quantitative estimate of drug-likeness (QED) is 0.745. The van der Waals surface area contributed by atoms with E-state index in [9.17, 15) is 0 Å². The van der Waals surface area contributed by atoms with Crippen LogP contribution in [0.4, 0.5) is 5.69 Å². The minimum atomic E-state index is 0.517. The van der Waals surface area contributed by atoms with E-state index in [2.05, 4.69) is 10.1 Å². The summed E-state index contributed by atoms with van der Waals surface area (Å²) in [6.45, 7) is 0. The number of hydrogen-bond donors (Lipinski definition) is 1. The molecule has 0 aliphatic heterocycles. The molecule has 0 aliphatic rings. The number of anilines is 1. The number of nitrogen functional groups attached to an aromatic ring is 1. The van der Waals surface area contributed by atoms with E-state index in [4.69, 9.17) is 21.9 Å². The lowest BCUT2D eigenvalue weighted by atomic mass is 10.1. The van der Waals surface area contributed by atoms with E-state index in [1.165, 1.54) is 0 Å². The van der Waals surface area contributed by atoms with Crippen molar-refractivity contribution in [1.29, 1.82) is 0 Å². The van der Waals surface area contributed by atoms with Gasteiger partial charge in [0.25, 0.3) is 0 Å². The fourth-order valence-electron chi connectivity index (χ4n) is 2.11. The van der Waals surface area contributed by atoms with Crippen LogP contribution in [0.25, 0.3) is 11.4 Å². The average molecular weight is 300 g/mol. The molecular weight excluding hydrogens is 286 g/mol. The molecule has 21 heavy (non-hydrogen) atoms. The van der Waals surface area contributed by atoms with Gasteiger partial charge in [-0.3, -0.25) is 0 Å². The van der Waals surface area contributed by atoms with E-state index in [-0.39, 0.29) is 0 Å². The molecule has 0 spiro atoms. The van der Waals surface area contributed by atoms with Crippen molar-refractivity contribution in [3.63, 3.8) is 0 Å². The first-order valence-corrected chi connectivity index (χ1v) is 7.02. The van der Waals surface area contributed by atoms with Crippen molar-refractivity contribution in [2.45, 2.75) is 12.8 Å². The Morgan fingerprint density at radius 3 is 2.71 bits per heavy atom. The zero-order chi connectivity index (χ0) is 14.7. The van der Waals surface area contributed by atoms with E-state index in [1.807, 2.05) is 42.5 Å². The number of halogens is 1. The summed E-state index contributed by atoms with van der Waals surface area (Å²) in [6, 6.07) is 15.2. The Labute approximate surface area is 127 Å². The number of aromatic nitrogens is 2. The molecule has 0 unspecified atom stereocenters. The summed E-state index contributed by atoms with van der Waals surface area (Å²) in [5.74, 6) is 1.11. The van der Waals surface area contributed by atoms with Crippen LogP contribution in [0.5, 0.6) is 0 Å². The molecule has 2 N–H and O–H groups in total. The monoisotopic (exact) mass is 299 g/mol. The van der Waals surface area contributed by atoms with Gasteiger partial charge in [-0.1, -0.05) is 41.0 Å². The largest absolute Gasteiger partial charge is 0.399 e. The van der Waals surface area contributed by atoms with Gasteiger partial charge in [0.1, 0.15) is 0 Å². The molecule has 0 atom stereocenters. The van der Waals surface area contributed by atoms with Crippen LogP contribution in [0.15, 0.2) is 53.1 Å². The van der Waals surface area contributed by atoms with E-state index < -0.39 is 0 Å². The first-order chi connectivity index (χ1) is 10.2. The molecule has 0 saturated heterocycles. The third-order valence-corrected chi connectivity index (χ3v) is 3.49. The van der Waals surface area contributed by atoms with Gasteiger partial charge in [-0.15, -0.1) is 0 Å². The Kier molecular flexibility index (Phi) is 3.88. The topological polar surface area (TPSA) is 64.9 Å². The van der Waals surface area contributed by atoms with Crippen LogP contribution >= 0.6 is 11.6 Å². The van der Waals surface area contributed by atoms with Crippen molar-refractivity contribution < 1.29 is 4.52 Å². The summed E-state index contributed by atoms with van der Waals surface area (Å²) in [6.07, 6.45) is 1.47. The Balaban J connectivity index is 1.72. The normalized spacial score (nSPS) is 10.7. The van der Waals surface area contributed by atoms with Gasteiger partial charge in [-0.05, 0) is 36.2 Å². The molecule has 3 rings (SSSR count). The van der Waals surface area contributed by atoms with Gasteiger partial charge in [0.2, 0.25) is 11.7 Å². The molecule has 0 aliphatic carbocycles. The van der Waals surface area contributed by atoms with Crippen LogP contribution in [0.1, 0.15) is 11.5 Å². The minimum absolute atomic E-state index is 0.517. The maximum Gasteiger partial charge on any atom is 0.227 e. The van der Waals surface area contributed by atoms with E-state index in [0.29, 0.717) is 23.2 Å². The van der Waals surface area contributed by atoms with Crippen LogP contribution in [-0.2, 0) is 12.8 Å². The molecule has 1 heterocycles. The molecule has 0 fully saturated rings. The van der Waals surface area contributed by atoms with Crippen LogP contribution in [0, 0.1) is 0 Å². The number of rotatable bonds is 4. The van der Waals surface area contributed by atoms with Gasteiger partial charge >= 0.3 is 0 Å². The molecule has 1 aromatic heterocycles. The summed E-state index contributed by atoms with van der Waals surface area (Å²) in [7, 11) is 0. The lowest BCUT2D eigenvalue weighted by Gasteiger charge is -1.99. The molecule has 0 bridgehead atoms. The summed E-state index contributed by atoms with van der Waals surface area (Å²) >= 11 is 6.12. The third-order valence-electron chi connectivity index (χ3n) is 3.16. The second-order valence-corrected chi connectivity index (χ2v) is 5.14. The summed E-state index contributed by atoms with van der Waals surface area (Å²) in [5.41, 5.74) is 8.44. The van der Waals surface area contributed by atoms with E-state index in [1.54, 1.807) is 6.07 Å². The highest BCUT2D eigenvalue weighted by Gasteiger charge is 2.11. The lowest BCUT2D eigenvalue weighted by molar-refractivity contribution is 0.379. The minimum Gasteiger partial charge on any atom is -0.399 e. The van der Waals surface area contributed by atoms with Gasteiger partial charge in [-0.2, -0.15) is 4.98 Å². The number of nitrogens with two attached hydrogens (primary N) is 1. The van der Waals surface area contributed by atoms with Crippen LogP contribution in [0.3, 0.4) is 0 Å². The first kappa shape index (κ1) is 13.6. The molecule has 0 radical (unpaired) electrons. The first-order valence-electron chi connectivity index (χ1n) is 6.64. The number of benzene rings is 2. The average Bonchev–Trinajstić information content (AvgIpc) is 2.94. The van der Waals surface area contributed by atoms with Gasteiger partial charge in [0.05, 0.1) is 5.02 Å². The van der Waals surface area contributed by atoms with Gasteiger partial charge in [-0.25, -0.2) is 0 Å². The lowest BCUT2D eigenvalue weighted by Crippen LogP contribution is -1.93. The molecule has 2 aromatic carbocycles. The van der Waals surface area contributed by atoms with Crippen LogP contribution in [-0.4, -0.2) is 10.1 Å². The van der Waals surface area contributed by atoms with Crippen molar-refractivity contribution in [1.82, 2.24) is 10.1 Å². The van der Waals surface area contributed by atoms with Crippen molar-refractivity contribution >= 4 is 17.3 Å². The Morgan fingerprint density at radius 2 is 1.90 bits per heavy atom. The van der Waals surface area contributed by atoms with Crippen molar-refractivity contribution in [3.8, 4) is 11.4 Å². The zero-order valence-corrected chi connectivity index (χ0v) is 12.0. The Hall–Kier alpha value is -2.33. The fraction of sp³-hybridized carbons (Fsp3) is 0.125. The Morgan fingerprint density at radius 1 is 1.05 bits per heavy atom. The number of nitrogens with zero attached hydrogens (tertiary/aromatic N) is 2. The second kappa shape index (κ2) is 5.97. The van der Waals surface area contributed by atoms with Gasteiger partial charge in [0, 0.05) is 17.7 Å². The zero-order valence-electron chi connectivity index (χ0n) is 11.3. The molecule has 0 saturated carbocycles. The molecule has 0 amide bonds. The standard InChI is InChI=1S/C16H14ClN3O/c17-14-7-2-1-6-13(14)16-19-15(21-20-16)9-8-11-4-3-5-12(18)10-11/h1-7,10H,8-9,18H2. The summed E-state index contributed by atoms with van der Waals surface area (Å²) < 4.78 is 5.28. The highest BCUT2D eigenvalue weighted by molar-refractivity contribution is 6.33. The predicted molar refractivity (Wildman–Crippen MR) is 83.0 cm³/mol.